The Kier molecular flexibility index (Phi) is 1.67. The molecule has 0 bridgehead atoms. The van der Waals surface area contributed by atoms with Crippen molar-refractivity contribution >= 4 is 0 Å². The highest BCUT2D eigenvalue weighted by Crippen LogP contribution is 2.46. The van der Waals surface area contributed by atoms with Gasteiger partial charge >= 0.3 is 0 Å². The zero-order valence-corrected chi connectivity index (χ0v) is 7.05. The minimum Gasteiger partial charge on any atom is -0.300 e. The standard InChI is InChI=1S/C8H16N2O/c1-10-6-2-3-7(10)8(11-9)4-5-8/h7H,2-6,9H2,1H3. The van der Waals surface area contributed by atoms with E-state index in [1.807, 2.05) is 0 Å². The fourth-order valence-electron chi connectivity index (χ4n) is 2.23. The van der Waals surface area contributed by atoms with Gasteiger partial charge in [0.1, 0.15) is 5.60 Å². The van der Waals surface area contributed by atoms with E-state index in [-0.39, 0.29) is 5.60 Å². The van der Waals surface area contributed by atoms with Gasteiger partial charge in [-0.2, -0.15) is 0 Å². The van der Waals surface area contributed by atoms with Gasteiger partial charge in [0.15, 0.2) is 0 Å². The van der Waals surface area contributed by atoms with Crippen molar-refractivity contribution in [1.29, 1.82) is 0 Å². The van der Waals surface area contributed by atoms with Gasteiger partial charge in [0.25, 0.3) is 0 Å². The molecule has 64 valence electrons. The number of nitrogens with zero attached hydrogens (tertiary/aromatic N) is 1. The molecule has 1 saturated heterocycles. The zero-order chi connectivity index (χ0) is 7.90. The second kappa shape index (κ2) is 2.44. The molecule has 2 aliphatic rings. The van der Waals surface area contributed by atoms with Crippen LogP contribution in [0.2, 0.25) is 0 Å². The van der Waals surface area contributed by atoms with Crippen LogP contribution in [0.4, 0.5) is 0 Å². The maximum absolute atomic E-state index is 5.28. The molecule has 0 aromatic carbocycles. The largest absolute Gasteiger partial charge is 0.300 e. The molecule has 3 heteroatoms. The molecule has 0 radical (unpaired) electrons. The maximum Gasteiger partial charge on any atom is 0.105 e. The molecule has 1 atom stereocenters. The van der Waals surface area contributed by atoms with Crippen LogP contribution in [0.3, 0.4) is 0 Å². The van der Waals surface area contributed by atoms with Crippen LogP contribution in [-0.2, 0) is 4.84 Å². The van der Waals surface area contributed by atoms with Crippen LogP contribution < -0.4 is 5.90 Å². The fourth-order valence-corrected chi connectivity index (χ4v) is 2.23. The van der Waals surface area contributed by atoms with Crippen molar-refractivity contribution in [2.75, 3.05) is 13.6 Å². The summed E-state index contributed by atoms with van der Waals surface area (Å²) in [5.41, 5.74) is 0.0469. The van der Waals surface area contributed by atoms with Crippen molar-refractivity contribution in [1.82, 2.24) is 4.90 Å². The average molecular weight is 156 g/mol. The maximum atomic E-state index is 5.28. The predicted molar refractivity (Wildman–Crippen MR) is 42.9 cm³/mol. The van der Waals surface area contributed by atoms with Gasteiger partial charge in [-0.3, -0.25) is 4.84 Å². The SMILES string of the molecule is CN1CCCC1C1(ON)CC1. The predicted octanol–water partition coefficient (Wildman–Crippen LogP) is 0.503. The van der Waals surface area contributed by atoms with Gasteiger partial charge in [0.05, 0.1) is 0 Å². The van der Waals surface area contributed by atoms with E-state index >= 15 is 0 Å². The first-order valence-electron chi connectivity index (χ1n) is 4.37. The molecule has 11 heavy (non-hydrogen) atoms. The van der Waals surface area contributed by atoms with Gasteiger partial charge in [0.2, 0.25) is 0 Å². The molecule has 1 saturated carbocycles. The van der Waals surface area contributed by atoms with E-state index in [0.29, 0.717) is 6.04 Å². The number of likely N-dealkylation sites (N-methyl/N-ethyl adjacent to an activating group) is 1. The molecule has 2 fully saturated rings. The molecular weight excluding hydrogens is 140 g/mol. The van der Waals surface area contributed by atoms with Crippen LogP contribution in [0.15, 0.2) is 0 Å². The quantitative estimate of drug-likeness (QED) is 0.592. The Balaban J connectivity index is 2.03. The lowest BCUT2D eigenvalue weighted by Gasteiger charge is -2.26. The van der Waals surface area contributed by atoms with Crippen molar-refractivity contribution in [2.45, 2.75) is 37.3 Å². The van der Waals surface area contributed by atoms with Crippen LogP contribution in [-0.4, -0.2) is 30.1 Å². The van der Waals surface area contributed by atoms with E-state index in [2.05, 4.69) is 11.9 Å². The Labute approximate surface area is 67.4 Å². The summed E-state index contributed by atoms with van der Waals surface area (Å²) >= 11 is 0. The lowest BCUT2D eigenvalue weighted by molar-refractivity contribution is -0.0182. The molecule has 1 aliphatic carbocycles. The number of nitrogens with two attached hydrogens (primary N) is 1. The van der Waals surface area contributed by atoms with Gasteiger partial charge in [0, 0.05) is 6.04 Å². The molecule has 0 aromatic heterocycles. The zero-order valence-electron chi connectivity index (χ0n) is 7.05. The molecule has 2 rings (SSSR count). The van der Waals surface area contributed by atoms with Crippen LogP contribution in [0, 0.1) is 0 Å². The minimum absolute atomic E-state index is 0.0469. The highest BCUT2D eigenvalue weighted by atomic mass is 16.6. The third kappa shape index (κ3) is 1.08. The molecule has 0 aromatic rings. The van der Waals surface area contributed by atoms with E-state index in [0.717, 1.165) is 12.8 Å². The van der Waals surface area contributed by atoms with E-state index < -0.39 is 0 Å². The smallest absolute Gasteiger partial charge is 0.105 e. The van der Waals surface area contributed by atoms with E-state index in [1.54, 1.807) is 0 Å². The Bertz CT molecular complexity index is 156. The summed E-state index contributed by atoms with van der Waals surface area (Å²) in [4.78, 5) is 7.44. The number of hydrogen-bond donors (Lipinski definition) is 1. The summed E-state index contributed by atoms with van der Waals surface area (Å²) < 4.78 is 0. The summed E-state index contributed by atoms with van der Waals surface area (Å²) in [7, 11) is 2.16. The first kappa shape index (κ1) is 7.53. The molecule has 1 aliphatic heterocycles. The Morgan fingerprint density at radius 1 is 1.55 bits per heavy atom. The first-order valence-corrected chi connectivity index (χ1v) is 4.37. The molecule has 1 heterocycles. The Morgan fingerprint density at radius 3 is 2.64 bits per heavy atom. The summed E-state index contributed by atoms with van der Waals surface area (Å²) in [6, 6.07) is 0.590. The molecule has 2 N–H and O–H groups in total. The Morgan fingerprint density at radius 2 is 2.27 bits per heavy atom. The van der Waals surface area contributed by atoms with E-state index in [9.17, 15) is 0 Å². The van der Waals surface area contributed by atoms with Gasteiger partial charge in [-0.25, -0.2) is 5.90 Å². The summed E-state index contributed by atoms with van der Waals surface area (Å²) in [5.74, 6) is 5.28. The molecule has 0 spiro atoms. The lowest BCUT2D eigenvalue weighted by atomic mass is 10.1. The number of likely N-dealkylation sites (tertiary alicyclic amines) is 1. The summed E-state index contributed by atoms with van der Waals surface area (Å²) in [6.07, 6.45) is 4.86. The van der Waals surface area contributed by atoms with Gasteiger partial charge in [-0.1, -0.05) is 0 Å². The number of hydrogen-bond acceptors (Lipinski definition) is 3. The second-order valence-electron chi connectivity index (χ2n) is 3.82. The molecule has 1 unspecified atom stereocenters. The summed E-state index contributed by atoms with van der Waals surface area (Å²) in [6.45, 7) is 1.20. The summed E-state index contributed by atoms with van der Waals surface area (Å²) in [5, 5.41) is 0. The van der Waals surface area contributed by atoms with Gasteiger partial charge < -0.3 is 4.90 Å². The number of rotatable bonds is 2. The highest BCUT2D eigenvalue weighted by molar-refractivity contribution is 5.06. The van der Waals surface area contributed by atoms with Crippen molar-refractivity contribution in [2.24, 2.45) is 5.90 Å². The normalized spacial score (nSPS) is 36.0. The molecule has 0 amide bonds. The third-order valence-electron chi connectivity index (χ3n) is 3.11. The molecular formula is C8H16N2O. The topological polar surface area (TPSA) is 38.5 Å². The third-order valence-corrected chi connectivity index (χ3v) is 3.11. The van der Waals surface area contributed by atoms with Gasteiger partial charge in [-0.05, 0) is 39.3 Å². The van der Waals surface area contributed by atoms with Crippen LogP contribution in [0.25, 0.3) is 0 Å². The van der Waals surface area contributed by atoms with Crippen molar-refractivity contribution in [3.8, 4) is 0 Å². The highest BCUT2D eigenvalue weighted by Gasteiger charge is 2.53. The minimum atomic E-state index is 0.0469. The van der Waals surface area contributed by atoms with Crippen molar-refractivity contribution in [3.63, 3.8) is 0 Å². The van der Waals surface area contributed by atoms with Crippen molar-refractivity contribution in [3.05, 3.63) is 0 Å². The Hall–Kier alpha value is -0.120. The van der Waals surface area contributed by atoms with Gasteiger partial charge in [-0.15, -0.1) is 0 Å². The van der Waals surface area contributed by atoms with E-state index in [4.69, 9.17) is 10.7 Å². The fraction of sp³-hybridized carbons (Fsp3) is 1.00. The monoisotopic (exact) mass is 156 g/mol. The van der Waals surface area contributed by atoms with E-state index in [1.165, 1.54) is 19.4 Å². The van der Waals surface area contributed by atoms with Crippen LogP contribution in [0.5, 0.6) is 0 Å². The van der Waals surface area contributed by atoms with Crippen LogP contribution in [0.1, 0.15) is 25.7 Å². The van der Waals surface area contributed by atoms with Crippen LogP contribution >= 0.6 is 0 Å². The lowest BCUT2D eigenvalue weighted by Crippen LogP contribution is -2.41. The van der Waals surface area contributed by atoms with Crippen molar-refractivity contribution < 1.29 is 4.84 Å². The second-order valence-corrected chi connectivity index (χ2v) is 3.82. The average Bonchev–Trinajstić information content (AvgIpc) is 2.70. The molecule has 3 nitrogen and oxygen atoms in total. The first-order chi connectivity index (χ1) is 5.28.